The maximum Gasteiger partial charge on any atom is 0.227 e. The van der Waals surface area contributed by atoms with Crippen LogP contribution in [0.4, 0.5) is 0 Å². The average molecular weight is 344 g/mol. The van der Waals surface area contributed by atoms with E-state index in [0.717, 1.165) is 21.1 Å². The lowest BCUT2D eigenvalue weighted by Crippen LogP contribution is -1.87. The van der Waals surface area contributed by atoms with Crippen molar-refractivity contribution in [1.29, 1.82) is 0 Å². The zero-order valence-electron chi connectivity index (χ0n) is 12.7. The van der Waals surface area contributed by atoms with Crippen LogP contribution in [-0.4, -0.2) is 4.98 Å². The number of hydrogen-bond acceptors (Lipinski definition) is 2. The molecule has 0 saturated heterocycles. The van der Waals surface area contributed by atoms with Crippen molar-refractivity contribution in [3.8, 4) is 11.5 Å². The summed E-state index contributed by atoms with van der Waals surface area (Å²) in [5.74, 6) is 1.14. The highest BCUT2D eigenvalue weighted by atomic mass is 79.9. The maximum atomic E-state index is 5.96. The summed E-state index contributed by atoms with van der Waals surface area (Å²) in [6.45, 7) is 8.57. The molecule has 0 N–H and O–H groups in total. The number of halogens is 1. The Morgan fingerprint density at radius 1 is 1.05 bits per heavy atom. The number of hydrogen-bond donors (Lipinski definition) is 0. The van der Waals surface area contributed by atoms with E-state index in [2.05, 4.69) is 78.9 Å². The van der Waals surface area contributed by atoms with Crippen molar-refractivity contribution < 1.29 is 4.42 Å². The third-order valence-corrected chi connectivity index (χ3v) is 4.48. The molecule has 0 radical (unpaired) electrons. The van der Waals surface area contributed by atoms with Gasteiger partial charge >= 0.3 is 0 Å². The fourth-order valence-corrected chi connectivity index (χ4v) is 2.89. The van der Waals surface area contributed by atoms with Crippen LogP contribution in [0.1, 0.15) is 36.5 Å². The Morgan fingerprint density at radius 2 is 1.81 bits per heavy atom. The molecule has 3 rings (SSSR count). The van der Waals surface area contributed by atoms with Gasteiger partial charge in [-0.05, 0) is 76.7 Å². The molecule has 0 fully saturated rings. The van der Waals surface area contributed by atoms with E-state index in [1.54, 1.807) is 0 Å². The van der Waals surface area contributed by atoms with Gasteiger partial charge in [0.2, 0.25) is 5.89 Å². The molecule has 2 aromatic carbocycles. The Bertz CT molecular complexity index is 817. The molecule has 0 unspecified atom stereocenters. The Kier molecular flexibility index (Phi) is 3.62. The van der Waals surface area contributed by atoms with Gasteiger partial charge in [-0.15, -0.1) is 0 Å². The largest absolute Gasteiger partial charge is 0.435 e. The zero-order chi connectivity index (χ0) is 15.1. The third kappa shape index (κ3) is 2.62. The molecule has 0 saturated carbocycles. The van der Waals surface area contributed by atoms with E-state index in [4.69, 9.17) is 4.42 Å². The Morgan fingerprint density at radius 3 is 2.48 bits per heavy atom. The van der Waals surface area contributed by atoms with Gasteiger partial charge in [-0.1, -0.05) is 19.9 Å². The first kappa shape index (κ1) is 14.3. The van der Waals surface area contributed by atoms with E-state index in [1.807, 2.05) is 0 Å². The van der Waals surface area contributed by atoms with Gasteiger partial charge in [0, 0.05) is 5.56 Å². The standard InChI is InChI=1S/C18H18BrNO/c1-10(2)14-8-15(19)17-16(9-14)20-18(21-17)13-6-5-11(3)12(4)7-13/h5-10H,1-4H3. The van der Waals surface area contributed by atoms with Crippen LogP contribution in [0.25, 0.3) is 22.6 Å². The number of aryl methyl sites for hydroxylation is 2. The molecular weight excluding hydrogens is 326 g/mol. The van der Waals surface area contributed by atoms with Gasteiger partial charge in [-0.25, -0.2) is 4.98 Å². The molecule has 3 heteroatoms. The van der Waals surface area contributed by atoms with Crippen molar-refractivity contribution in [2.75, 3.05) is 0 Å². The van der Waals surface area contributed by atoms with Crippen LogP contribution in [0.3, 0.4) is 0 Å². The zero-order valence-corrected chi connectivity index (χ0v) is 14.3. The van der Waals surface area contributed by atoms with Crippen molar-refractivity contribution in [3.05, 3.63) is 51.5 Å². The number of rotatable bonds is 2. The number of nitrogens with zero attached hydrogens (tertiary/aromatic N) is 1. The highest BCUT2D eigenvalue weighted by molar-refractivity contribution is 9.10. The molecule has 0 aliphatic rings. The van der Waals surface area contributed by atoms with Gasteiger partial charge < -0.3 is 4.42 Å². The number of benzene rings is 2. The SMILES string of the molecule is Cc1ccc(-c2nc3cc(C(C)C)cc(Br)c3o2)cc1C. The van der Waals surface area contributed by atoms with E-state index in [0.29, 0.717) is 11.8 Å². The van der Waals surface area contributed by atoms with Crippen LogP contribution in [0.15, 0.2) is 39.2 Å². The highest BCUT2D eigenvalue weighted by Crippen LogP contribution is 2.33. The van der Waals surface area contributed by atoms with Gasteiger partial charge in [-0.3, -0.25) is 0 Å². The second kappa shape index (κ2) is 5.30. The van der Waals surface area contributed by atoms with Crippen molar-refractivity contribution in [2.24, 2.45) is 0 Å². The first-order chi connectivity index (χ1) is 9.95. The molecule has 3 aromatic rings. The van der Waals surface area contributed by atoms with Crippen molar-refractivity contribution in [3.63, 3.8) is 0 Å². The van der Waals surface area contributed by atoms with Crippen LogP contribution < -0.4 is 0 Å². The first-order valence-corrected chi connectivity index (χ1v) is 7.92. The molecule has 0 amide bonds. The predicted molar refractivity (Wildman–Crippen MR) is 90.7 cm³/mol. The maximum absolute atomic E-state index is 5.96. The van der Waals surface area contributed by atoms with E-state index in [1.165, 1.54) is 16.7 Å². The molecule has 108 valence electrons. The molecule has 21 heavy (non-hydrogen) atoms. The lowest BCUT2D eigenvalue weighted by Gasteiger charge is -2.04. The molecule has 0 spiro atoms. The topological polar surface area (TPSA) is 26.0 Å². The second-order valence-electron chi connectivity index (χ2n) is 5.82. The van der Waals surface area contributed by atoms with Crippen LogP contribution >= 0.6 is 15.9 Å². The van der Waals surface area contributed by atoms with Gasteiger partial charge in [-0.2, -0.15) is 0 Å². The minimum Gasteiger partial charge on any atom is -0.435 e. The number of aromatic nitrogens is 1. The van der Waals surface area contributed by atoms with Gasteiger partial charge in [0.25, 0.3) is 0 Å². The molecular formula is C18H18BrNO. The summed E-state index contributed by atoms with van der Waals surface area (Å²) >= 11 is 3.59. The summed E-state index contributed by atoms with van der Waals surface area (Å²) in [5, 5.41) is 0. The summed E-state index contributed by atoms with van der Waals surface area (Å²) in [4.78, 5) is 4.66. The molecule has 0 bridgehead atoms. The van der Waals surface area contributed by atoms with Gasteiger partial charge in [0.1, 0.15) is 5.52 Å². The lowest BCUT2D eigenvalue weighted by atomic mass is 10.0. The fraction of sp³-hybridized carbons (Fsp3) is 0.278. The molecule has 1 heterocycles. The number of fused-ring (bicyclic) bond motifs is 1. The van der Waals surface area contributed by atoms with Crippen LogP contribution in [0.5, 0.6) is 0 Å². The Hall–Kier alpha value is -1.61. The summed E-state index contributed by atoms with van der Waals surface area (Å²) in [6.07, 6.45) is 0. The smallest absolute Gasteiger partial charge is 0.227 e. The average Bonchev–Trinajstić information content (AvgIpc) is 2.86. The summed E-state index contributed by atoms with van der Waals surface area (Å²) < 4.78 is 6.92. The molecule has 0 atom stereocenters. The Balaban J connectivity index is 2.16. The third-order valence-electron chi connectivity index (χ3n) is 3.89. The summed E-state index contributed by atoms with van der Waals surface area (Å²) in [6, 6.07) is 10.5. The molecule has 2 nitrogen and oxygen atoms in total. The van der Waals surface area contributed by atoms with E-state index >= 15 is 0 Å². The molecule has 0 aliphatic heterocycles. The fourth-order valence-electron chi connectivity index (χ4n) is 2.34. The van der Waals surface area contributed by atoms with E-state index < -0.39 is 0 Å². The van der Waals surface area contributed by atoms with Crippen molar-refractivity contribution >= 4 is 27.0 Å². The first-order valence-electron chi connectivity index (χ1n) is 7.13. The van der Waals surface area contributed by atoms with Crippen LogP contribution in [0, 0.1) is 13.8 Å². The minimum atomic E-state index is 0.465. The van der Waals surface area contributed by atoms with Crippen LogP contribution in [0.2, 0.25) is 0 Å². The van der Waals surface area contributed by atoms with Gasteiger partial charge in [0.15, 0.2) is 5.58 Å². The molecule has 1 aromatic heterocycles. The van der Waals surface area contributed by atoms with Crippen molar-refractivity contribution in [1.82, 2.24) is 4.98 Å². The quantitative estimate of drug-likeness (QED) is 0.570. The minimum absolute atomic E-state index is 0.465. The monoisotopic (exact) mass is 343 g/mol. The lowest BCUT2D eigenvalue weighted by molar-refractivity contribution is 0.618. The molecule has 0 aliphatic carbocycles. The van der Waals surface area contributed by atoms with Crippen molar-refractivity contribution in [2.45, 2.75) is 33.6 Å². The van der Waals surface area contributed by atoms with E-state index in [-0.39, 0.29) is 0 Å². The van der Waals surface area contributed by atoms with E-state index in [9.17, 15) is 0 Å². The summed E-state index contributed by atoms with van der Waals surface area (Å²) in [7, 11) is 0. The van der Waals surface area contributed by atoms with Gasteiger partial charge in [0.05, 0.1) is 4.47 Å². The summed E-state index contributed by atoms with van der Waals surface area (Å²) in [5.41, 5.74) is 6.52. The predicted octanol–water partition coefficient (Wildman–Crippen LogP) is 6.00. The number of oxazole rings is 1. The normalized spacial score (nSPS) is 11.5. The highest BCUT2D eigenvalue weighted by Gasteiger charge is 2.13. The second-order valence-corrected chi connectivity index (χ2v) is 6.68. The Labute approximate surface area is 133 Å². The van der Waals surface area contributed by atoms with Crippen LogP contribution in [-0.2, 0) is 0 Å².